The van der Waals surface area contributed by atoms with Crippen molar-refractivity contribution in [2.24, 2.45) is 5.92 Å². The maximum atomic E-state index is 12.7. The van der Waals surface area contributed by atoms with Gasteiger partial charge in [0.1, 0.15) is 11.5 Å². The van der Waals surface area contributed by atoms with Crippen molar-refractivity contribution in [2.45, 2.75) is 13.3 Å². The van der Waals surface area contributed by atoms with Gasteiger partial charge in [-0.2, -0.15) is 0 Å². The van der Waals surface area contributed by atoms with E-state index in [4.69, 9.17) is 14.2 Å². The molecule has 8 nitrogen and oxygen atoms in total. The van der Waals surface area contributed by atoms with Crippen LogP contribution in [-0.2, 0) is 19.1 Å². The summed E-state index contributed by atoms with van der Waals surface area (Å²) in [6, 6.07) is 4.90. The summed E-state index contributed by atoms with van der Waals surface area (Å²) in [5.41, 5.74) is 0.846. The first-order chi connectivity index (χ1) is 11.9. The number of nitrogens with one attached hydrogen (secondary N) is 2. The third-order valence-corrected chi connectivity index (χ3v) is 3.86. The minimum Gasteiger partial charge on any atom is -0.497 e. The van der Waals surface area contributed by atoms with Crippen molar-refractivity contribution in [3.05, 3.63) is 29.5 Å². The Labute approximate surface area is 145 Å². The predicted molar refractivity (Wildman–Crippen MR) is 89.1 cm³/mol. The molecule has 1 heterocycles. The number of carbonyl (C=O) groups is 3. The van der Waals surface area contributed by atoms with Gasteiger partial charge in [0.05, 0.1) is 38.5 Å². The third kappa shape index (κ3) is 3.90. The van der Waals surface area contributed by atoms with Gasteiger partial charge in [-0.05, 0) is 19.1 Å². The molecule has 2 N–H and O–H groups in total. The van der Waals surface area contributed by atoms with Crippen molar-refractivity contribution >= 4 is 23.5 Å². The standard InChI is InChI=1S/C17H20N2O6/c1-9-15(17(22)25-4)11(8-14(20)18-9)16(21)19-12-6-5-10(23-2)7-13(12)24-3/h5-7,11H,8H2,1-4H3,(H,18,20)(H,19,21)/t11-/m0/s1. The van der Waals surface area contributed by atoms with E-state index in [1.807, 2.05) is 0 Å². The van der Waals surface area contributed by atoms with Crippen LogP contribution >= 0.6 is 0 Å². The Morgan fingerprint density at radius 2 is 1.92 bits per heavy atom. The quantitative estimate of drug-likeness (QED) is 0.776. The lowest BCUT2D eigenvalue weighted by Gasteiger charge is -2.25. The van der Waals surface area contributed by atoms with Gasteiger partial charge in [-0.3, -0.25) is 9.59 Å². The monoisotopic (exact) mass is 348 g/mol. The highest BCUT2D eigenvalue weighted by Crippen LogP contribution is 2.31. The van der Waals surface area contributed by atoms with Crippen LogP contribution in [0.2, 0.25) is 0 Å². The number of anilines is 1. The molecule has 0 bridgehead atoms. The van der Waals surface area contributed by atoms with Crippen LogP contribution < -0.4 is 20.1 Å². The van der Waals surface area contributed by atoms with Crippen molar-refractivity contribution in [3.63, 3.8) is 0 Å². The van der Waals surface area contributed by atoms with Gasteiger partial charge in [0.25, 0.3) is 0 Å². The summed E-state index contributed by atoms with van der Waals surface area (Å²) in [6.45, 7) is 1.55. The fourth-order valence-electron chi connectivity index (χ4n) is 2.63. The number of esters is 1. The number of ether oxygens (including phenoxy) is 3. The van der Waals surface area contributed by atoms with Crippen molar-refractivity contribution in [1.29, 1.82) is 0 Å². The van der Waals surface area contributed by atoms with E-state index in [1.54, 1.807) is 25.1 Å². The van der Waals surface area contributed by atoms with E-state index in [9.17, 15) is 14.4 Å². The zero-order valence-electron chi connectivity index (χ0n) is 14.5. The third-order valence-electron chi connectivity index (χ3n) is 3.86. The Balaban J connectivity index is 2.31. The lowest BCUT2D eigenvalue weighted by molar-refractivity contribution is -0.139. The van der Waals surface area contributed by atoms with Gasteiger partial charge >= 0.3 is 5.97 Å². The number of amides is 2. The van der Waals surface area contributed by atoms with Crippen LogP contribution in [0, 0.1) is 5.92 Å². The molecular formula is C17H20N2O6. The van der Waals surface area contributed by atoms with Gasteiger partial charge in [-0.15, -0.1) is 0 Å². The van der Waals surface area contributed by atoms with Crippen LogP contribution in [0.1, 0.15) is 13.3 Å². The van der Waals surface area contributed by atoms with Gasteiger partial charge < -0.3 is 24.8 Å². The summed E-state index contributed by atoms with van der Waals surface area (Å²) in [5.74, 6) is -1.48. The molecule has 1 atom stereocenters. The largest absolute Gasteiger partial charge is 0.497 e. The summed E-state index contributed by atoms with van der Waals surface area (Å²) < 4.78 is 15.1. The lowest BCUT2D eigenvalue weighted by Crippen LogP contribution is -2.40. The first kappa shape index (κ1) is 18.3. The molecule has 0 unspecified atom stereocenters. The van der Waals surface area contributed by atoms with E-state index in [1.165, 1.54) is 21.3 Å². The number of methoxy groups -OCH3 is 3. The van der Waals surface area contributed by atoms with Crippen LogP contribution in [0.25, 0.3) is 0 Å². The van der Waals surface area contributed by atoms with Gasteiger partial charge in [0.2, 0.25) is 11.8 Å². The lowest BCUT2D eigenvalue weighted by atomic mass is 9.89. The van der Waals surface area contributed by atoms with Gasteiger partial charge in [-0.25, -0.2) is 4.79 Å². The molecule has 8 heteroatoms. The van der Waals surface area contributed by atoms with Crippen molar-refractivity contribution in [1.82, 2.24) is 5.32 Å². The fourth-order valence-corrected chi connectivity index (χ4v) is 2.63. The zero-order chi connectivity index (χ0) is 18.6. The average molecular weight is 348 g/mol. The number of carbonyl (C=O) groups excluding carboxylic acids is 3. The second-order valence-corrected chi connectivity index (χ2v) is 5.39. The summed E-state index contributed by atoms with van der Waals surface area (Å²) >= 11 is 0. The van der Waals surface area contributed by atoms with E-state index >= 15 is 0 Å². The SMILES string of the molecule is COC(=O)C1=C(C)NC(=O)C[C@@H]1C(=O)Nc1ccc(OC)cc1OC. The maximum absolute atomic E-state index is 12.7. The molecule has 0 fully saturated rings. The Kier molecular flexibility index (Phi) is 5.63. The van der Waals surface area contributed by atoms with Gasteiger partial charge in [-0.1, -0.05) is 0 Å². The van der Waals surface area contributed by atoms with Crippen molar-refractivity contribution < 1.29 is 28.6 Å². The Bertz CT molecular complexity index is 741. The molecule has 1 aromatic rings. The summed E-state index contributed by atoms with van der Waals surface area (Å²) in [6.07, 6.45) is -0.147. The summed E-state index contributed by atoms with van der Waals surface area (Å²) in [5, 5.41) is 5.24. The molecule has 1 aliphatic heterocycles. The molecule has 0 saturated carbocycles. The number of hydrogen-bond acceptors (Lipinski definition) is 6. The van der Waals surface area contributed by atoms with E-state index in [-0.39, 0.29) is 17.9 Å². The number of rotatable bonds is 5. The number of allylic oxidation sites excluding steroid dienone is 1. The smallest absolute Gasteiger partial charge is 0.336 e. The Morgan fingerprint density at radius 1 is 1.20 bits per heavy atom. The highest BCUT2D eigenvalue weighted by molar-refractivity contribution is 6.06. The molecule has 25 heavy (non-hydrogen) atoms. The molecule has 1 aromatic carbocycles. The molecule has 134 valence electrons. The fraction of sp³-hybridized carbons (Fsp3) is 0.353. The highest BCUT2D eigenvalue weighted by atomic mass is 16.5. The first-order valence-electron chi connectivity index (χ1n) is 7.53. The van der Waals surface area contributed by atoms with Crippen LogP contribution in [0.3, 0.4) is 0 Å². The maximum Gasteiger partial charge on any atom is 0.336 e. The second-order valence-electron chi connectivity index (χ2n) is 5.39. The van der Waals surface area contributed by atoms with Crippen LogP contribution in [0.15, 0.2) is 29.5 Å². The number of hydrogen-bond donors (Lipinski definition) is 2. The van der Waals surface area contributed by atoms with Crippen LogP contribution in [0.5, 0.6) is 11.5 Å². The molecule has 0 aliphatic carbocycles. The molecule has 0 saturated heterocycles. The minimum absolute atomic E-state index is 0.132. The average Bonchev–Trinajstić information content (AvgIpc) is 2.60. The molecule has 1 aliphatic rings. The molecular weight excluding hydrogens is 328 g/mol. The van der Waals surface area contributed by atoms with Crippen molar-refractivity contribution in [3.8, 4) is 11.5 Å². The van der Waals surface area contributed by atoms with E-state index in [0.29, 0.717) is 22.9 Å². The number of benzene rings is 1. The van der Waals surface area contributed by atoms with E-state index in [0.717, 1.165) is 0 Å². The van der Waals surface area contributed by atoms with Crippen LogP contribution in [0.4, 0.5) is 5.69 Å². The molecule has 2 rings (SSSR count). The Hall–Kier alpha value is -3.03. The second kappa shape index (κ2) is 7.69. The summed E-state index contributed by atoms with van der Waals surface area (Å²) in [7, 11) is 4.20. The first-order valence-corrected chi connectivity index (χ1v) is 7.53. The molecule has 0 radical (unpaired) electrons. The predicted octanol–water partition coefficient (Wildman–Crippen LogP) is 1.23. The van der Waals surface area contributed by atoms with Crippen LogP contribution in [-0.4, -0.2) is 39.1 Å². The Morgan fingerprint density at radius 3 is 2.52 bits per heavy atom. The normalized spacial score (nSPS) is 16.8. The van der Waals surface area contributed by atoms with Crippen molar-refractivity contribution in [2.75, 3.05) is 26.6 Å². The topological polar surface area (TPSA) is 103 Å². The molecule has 2 amide bonds. The van der Waals surface area contributed by atoms with Gasteiger partial charge in [0, 0.05) is 18.2 Å². The van der Waals surface area contributed by atoms with E-state index < -0.39 is 17.8 Å². The summed E-state index contributed by atoms with van der Waals surface area (Å²) in [4.78, 5) is 36.5. The minimum atomic E-state index is -0.951. The van der Waals surface area contributed by atoms with Gasteiger partial charge in [0.15, 0.2) is 0 Å². The molecule has 0 spiro atoms. The zero-order valence-corrected chi connectivity index (χ0v) is 14.5. The molecule has 0 aromatic heterocycles. The van der Waals surface area contributed by atoms with E-state index in [2.05, 4.69) is 10.6 Å². The highest BCUT2D eigenvalue weighted by Gasteiger charge is 2.36.